The fourth-order valence-electron chi connectivity index (χ4n) is 4.11. The van der Waals surface area contributed by atoms with Crippen molar-refractivity contribution in [2.45, 2.75) is 32.6 Å². The third-order valence-electron chi connectivity index (χ3n) is 5.44. The molecule has 0 atom stereocenters. The Morgan fingerprint density at radius 2 is 1.93 bits per heavy atom. The molecule has 140 valence electrons. The molecular formula is C22H25N3O2. The van der Waals surface area contributed by atoms with Crippen LogP contribution in [0.2, 0.25) is 0 Å². The zero-order chi connectivity index (χ0) is 18.8. The average Bonchev–Trinajstić information content (AvgIpc) is 2.85. The van der Waals surface area contributed by atoms with Gasteiger partial charge < -0.3 is 15.4 Å². The van der Waals surface area contributed by atoms with Gasteiger partial charge in [0, 0.05) is 30.5 Å². The van der Waals surface area contributed by atoms with Crippen LogP contribution in [0.3, 0.4) is 0 Å². The fourth-order valence-corrected chi connectivity index (χ4v) is 4.11. The first-order valence-electron chi connectivity index (χ1n) is 9.64. The largest absolute Gasteiger partial charge is 0.450 e. The summed E-state index contributed by atoms with van der Waals surface area (Å²) in [6, 6.07) is 10.4. The highest BCUT2D eigenvalue weighted by Gasteiger charge is 2.26. The molecule has 1 aliphatic carbocycles. The van der Waals surface area contributed by atoms with Gasteiger partial charge in [0.05, 0.1) is 12.3 Å². The van der Waals surface area contributed by atoms with Gasteiger partial charge in [0.15, 0.2) is 0 Å². The van der Waals surface area contributed by atoms with Crippen LogP contribution in [-0.4, -0.2) is 35.7 Å². The molecule has 1 fully saturated rings. The Labute approximate surface area is 159 Å². The van der Waals surface area contributed by atoms with Crippen molar-refractivity contribution in [1.82, 2.24) is 9.88 Å². The molecule has 1 saturated heterocycles. The molecule has 0 radical (unpaired) electrons. The van der Waals surface area contributed by atoms with Gasteiger partial charge in [-0.15, -0.1) is 0 Å². The number of hydrogen-bond donors (Lipinski definition) is 1. The molecule has 1 amide bonds. The smallest absolute Gasteiger partial charge is 0.409 e. The van der Waals surface area contributed by atoms with Gasteiger partial charge in [-0.2, -0.15) is 0 Å². The number of aryl methyl sites for hydroxylation is 2. The maximum Gasteiger partial charge on any atom is 0.409 e. The van der Waals surface area contributed by atoms with Crippen molar-refractivity contribution in [3.63, 3.8) is 0 Å². The molecule has 1 aliphatic heterocycles. The Morgan fingerprint density at radius 1 is 1.15 bits per heavy atom. The number of carbonyl (C=O) groups is 1. The van der Waals surface area contributed by atoms with E-state index in [0.29, 0.717) is 19.7 Å². The second kappa shape index (κ2) is 7.43. The van der Waals surface area contributed by atoms with E-state index in [1.807, 2.05) is 25.3 Å². The molecule has 0 saturated carbocycles. The number of benzene rings is 1. The number of rotatable bonds is 1. The summed E-state index contributed by atoms with van der Waals surface area (Å²) in [4.78, 5) is 18.6. The van der Waals surface area contributed by atoms with E-state index in [4.69, 9.17) is 15.5 Å². The summed E-state index contributed by atoms with van der Waals surface area (Å²) in [6.45, 7) is 3.62. The number of nitrogen functional groups attached to an aromatic ring is 1. The number of carbonyl (C=O) groups excluding carboxylic acids is 1. The van der Waals surface area contributed by atoms with Gasteiger partial charge >= 0.3 is 6.09 Å². The highest BCUT2D eigenvalue weighted by atomic mass is 16.6. The van der Waals surface area contributed by atoms with Gasteiger partial charge in [0.1, 0.15) is 0 Å². The number of likely N-dealkylation sites (tertiary alicyclic amines) is 1. The molecule has 2 aliphatic rings. The molecule has 1 aromatic carbocycles. The van der Waals surface area contributed by atoms with E-state index in [-0.39, 0.29) is 6.09 Å². The third kappa shape index (κ3) is 3.42. The maximum absolute atomic E-state index is 12.0. The van der Waals surface area contributed by atoms with Crippen LogP contribution in [0.1, 0.15) is 42.1 Å². The minimum absolute atomic E-state index is 0.214. The number of ether oxygens (including phenoxy) is 1. The fraction of sp³-hybridized carbons (Fsp3) is 0.364. The first kappa shape index (κ1) is 17.6. The average molecular weight is 363 g/mol. The van der Waals surface area contributed by atoms with Crippen molar-refractivity contribution in [3.8, 4) is 0 Å². The molecule has 2 heterocycles. The van der Waals surface area contributed by atoms with Crippen molar-refractivity contribution in [3.05, 3.63) is 64.5 Å². The predicted molar refractivity (Wildman–Crippen MR) is 106 cm³/mol. The van der Waals surface area contributed by atoms with Gasteiger partial charge in [-0.1, -0.05) is 17.7 Å². The molecule has 27 heavy (non-hydrogen) atoms. The van der Waals surface area contributed by atoms with Gasteiger partial charge in [0.25, 0.3) is 0 Å². The van der Waals surface area contributed by atoms with Crippen LogP contribution in [0.15, 0.2) is 42.1 Å². The molecule has 0 bridgehead atoms. The normalized spacial score (nSPS) is 16.4. The molecule has 2 aromatic rings. The lowest BCUT2D eigenvalue weighted by molar-refractivity contribution is 0.104. The second-order valence-electron chi connectivity index (χ2n) is 7.09. The zero-order valence-electron chi connectivity index (χ0n) is 15.7. The first-order valence-corrected chi connectivity index (χ1v) is 9.64. The molecule has 0 unspecified atom stereocenters. The quantitative estimate of drug-likeness (QED) is 0.782. The lowest BCUT2D eigenvalue weighted by atomic mass is 9.88. The van der Waals surface area contributed by atoms with Gasteiger partial charge in [0.2, 0.25) is 0 Å². The van der Waals surface area contributed by atoms with Gasteiger partial charge in [-0.05, 0) is 67.5 Å². The van der Waals surface area contributed by atoms with Crippen molar-refractivity contribution >= 4 is 17.4 Å². The van der Waals surface area contributed by atoms with Gasteiger partial charge in [-0.3, -0.25) is 4.98 Å². The van der Waals surface area contributed by atoms with Crippen LogP contribution in [0.5, 0.6) is 0 Å². The number of fused-ring (bicyclic) bond motifs is 2. The molecular weight excluding hydrogens is 338 g/mol. The summed E-state index contributed by atoms with van der Waals surface area (Å²) < 4.78 is 5.15. The number of nitrogens with two attached hydrogens (primary N) is 1. The van der Waals surface area contributed by atoms with Crippen molar-refractivity contribution in [1.29, 1.82) is 0 Å². The Balaban J connectivity index is 1.76. The zero-order valence-corrected chi connectivity index (χ0v) is 15.7. The van der Waals surface area contributed by atoms with E-state index < -0.39 is 0 Å². The van der Waals surface area contributed by atoms with E-state index in [0.717, 1.165) is 37.1 Å². The Hall–Kier alpha value is -2.82. The van der Waals surface area contributed by atoms with Crippen LogP contribution >= 0.6 is 0 Å². The topological polar surface area (TPSA) is 68.5 Å². The Kier molecular flexibility index (Phi) is 4.84. The van der Waals surface area contributed by atoms with Crippen molar-refractivity contribution < 1.29 is 9.53 Å². The molecule has 5 heteroatoms. The van der Waals surface area contributed by atoms with E-state index in [9.17, 15) is 4.79 Å². The van der Waals surface area contributed by atoms with E-state index in [1.165, 1.54) is 27.8 Å². The highest BCUT2D eigenvalue weighted by molar-refractivity contribution is 5.85. The number of amides is 1. The Morgan fingerprint density at radius 3 is 2.70 bits per heavy atom. The molecule has 5 nitrogen and oxygen atoms in total. The van der Waals surface area contributed by atoms with Gasteiger partial charge in [-0.25, -0.2) is 4.79 Å². The lowest BCUT2D eigenvalue weighted by Gasteiger charge is -2.29. The minimum Gasteiger partial charge on any atom is -0.450 e. The number of aromatic nitrogens is 1. The molecule has 2 N–H and O–H groups in total. The number of pyridine rings is 1. The third-order valence-corrected chi connectivity index (χ3v) is 5.44. The summed E-state index contributed by atoms with van der Waals surface area (Å²) in [5.41, 5.74) is 14.3. The van der Waals surface area contributed by atoms with Crippen LogP contribution in [0.4, 0.5) is 10.5 Å². The molecule has 1 aromatic heterocycles. The predicted octanol–water partition coefficient (Wildman–Crippen LogP) is 3.82. The molecule has 4 rings (SSSR count). The monoisotopic (exact) mass is 363 g/mol. The molecule has 0 spiro atoms. The number of nitrogens with zero attached hydrogens (tertiary/aromatic N) is 2. The summed E-state index contributed by atoms with van der Waals surface area (Å²) in [5.74, 6) is 0. The second-order valence-corrected chi connectivity index (χ2v) is 7.09. The first-order chi connectivity index (χ1) is 13.2. The SMILES string of the molecule is CCOC(=O)N1CCC(=C2c3ccc(N)cc3CCc3cccnc32)CC1. The van der Waals surface area contributed by atoms with E-state index >= 15 is 0 Å². The summed E-state index contributed by atoms with van der Waals surface area (Å²) in [6.07, 6.45) is 5.27. The van der Waals surface area contributed by atoms with Crippen molar-refractivity contribution in [2.75, 3.05) is 25.4 Å². The van der Waals surface area contributed by atoms with E-state index in [2.05, 4.69) is 18.2 Å². The summed E-state index contributed by atoms with van der Waals surface area (Å²) >= 11 is 0. The Bertz CT molecular complexity index is 894. The van der Waals surface area contributed by atoms with Crippen LogP contribution in [-0.2, 0) is 17.6 Å². The summed E-state index contributed by atoms with van der Waals surface area (Å²) in [7, 11) is 0. The van der Waals surface area contributed by atoms with E-state index in [1.54, 1.807) is 4.90 Å². The van der Waals surface area contributed by atoms with Crippen molar-refractivity contribution in [2.24, 2.45) is 0 Å². The van der Waals surface area contributed by atoms with Crippen LogP contribution in [0, 0.1) is 0 Å². The minimum atomic E-state index is -0.214. The summed E-state index contributed by atoms with van der Waals surface area (Å²) in [5, 5.41) is 0. The lowest BCUT2D eigenvalue weighted by Crippen LogP contribution is -2.37. The number of piperidine rings is 1. The highest BCUT2D eigenvalue weighted by Crippen LogP contribution is 2.38. The standard InChI is InChI=1S/C22H25N3O2/c1-2-27-22(26)25-12-9-15(10-13-25)20-19-8-7-18(23)14-17(19)6-5-16-4-3-11-24-21(16)20/h3-4,7-8,11,14H,2,5-6,9-10,12-13,23H2,1H3. The van der Waals surface area contributed by atoms with Crippen LogP contribution in [0.25, 0.3) is 5.57 Å². The number of hydrogen-bond acceptors (Lipinski definition) is 4. The number of anilines is 1. The maximum atomic E-state index is 12.0. The van der Waals surface area contributed by atoms with Crippen LogP contribution < -0.4 is 5.73 Å².